The lowest BCUT2D eigenvalue weighted by molar-refractivity contribution is 0.459. The van der Waals surface area contributed by atoms with Gasteiger partial charge in [0.15, 0.2) is 5.82 Å². The average molecular weight is 313 g/mol. The highest BCUT2D eigenvalue weighted by molar-refractivity contribution is 6.29. The molecule has 0 aliphatic heterocycles. The number of rotatable bonds is 4. The van der Waals surface area contributed by atoms with Gasteiger partial charge in [-0.05, 0) is 30.7 Å². The van der Waals surface area contributed by atoms with E-state index in [9.17, 15) is 0 Å². The Morgan fingerprint density at radius 2 is 1.91 bits per heavy atom. The number of aromatic nitrogens is 4. The van der Waals surface area contributed by atoms with Crippen LogP contribution in [0.3, 0.4) is 0 Å². The first-order valence-corrected chi connectivity index (χ1v) is 7.20. The molecule has 0 bridgehead atoms. The number of aryl methyl sites for hydroxylation is 1. The number of halogens is 1. The second kappa shape index (κ2) is 6.49. The topological polar surface area (TPSA) is 60.8 Å². The van der Waals surface area contributed by atoms with Crippen molar-refractivity contribution in [1.82, 2.24) is 19.9 Å². The first-order valence-electron chi connectivity index (χ1n) is 6.82. The van der Waals surface area contributed by atoms with Gasteiger partial charge in [-0.15, -0.1) is 0 Å². The number of ether oxygens (including phenoxy) is 1. The van der Waals surface area contributed by atoms with Crippen LogP contribution in [-0.4, -0.2) is 19.9 Å². The fourth-order valence-electron chi connectivity index (χ4n) is 1.88. The van der Waals surface area contributed by atoms with Crippen molar-refractivity contribution >= 4 is 11.6 Å². The Bertz CT molecular complexity index is 763. The molecule has 0 radical (unpaired) electrons. The van der Waals surface area contributed by atoms with Gasteiger partial charge in [-0.3, -0.25) is 4.98 Å². The maximum absolute atomic E-state index is 5.77. The van der Waals surface area contributed by atoms with Crippen LogP contribution >= 0.6 is 11.6 Å². The van der Waals surface area contributed by atoms with Crippen molar-refractivity contribution < 1.29 is 4.74 Å². The summed E-state index contributed by atoms with van der Waals surface area (Å²) in [4.78, 5) is 17.0. The van der Waals surface area contributed by atoms with E-state index in [4.69, 9.17) is 16.3 Å². The molecule has 0 spiro atoms. The fraction of sp³-hybridized carbons (Fsp3) is 0.125. The predicted octanol–water partition coefficient (Wildman–Crippen LogP) is 3.94. The maximum atomic E-state index is 5.77. The molecule has 3 aromatic rings. The average Bonchev–Trinajstić information content (AvgIpc) is 2.57. The molecular weight excluding hydrogens is 300 g/mol. The van der Waals surface area contributed by atoms with Crippen LogP contribution in [0.15, 0.2) is 48.9 Å². The van der Waals surface area contributed by atoms with Gasteiger partial charge in [0.05, 0.1) is 6.20 Å². The fourth-order valence-corrected chi connectivity index (χ4v) is 1.99. The third-order valence-electron chi connectivity index (χ3n) is 2.98. The summed E-state index contributed by atoms with van der Waals surface area (Å²) < 4.78 is 5.75. The highest BCUT2D eigenvalue weighted by atomic mass is 35.5. The van der Waals surface area contributed by atoms with Gasteiger partial charge >= 0.3 is 0 Å². The van der Waals surface area contributed by atoms with Crippen LogP contribution in [0, 0.1) is 0 Å². The first-order chi connectivity index (χ1) is 10.7. The molecule has 6 heteroatoms. The van der Waals surface area contributed by atoms with Crippen molar-refractivity contribution in [2.24, 2.45) is 0 Å². The normalized spacial score (nSPS) is 10.5. The summed E-state index contributed by atoms with van der Waals surface area (Å²) in [6.45, 7) is 2.03. The van der Waals surface area contributed by atoms with E-state index >= 15 is 0 Å². The molecule has 22 heavy (non-hydrogen) atoms. The van der Waals surface area contributed by atoms with Gasteiger partial charge in [0, 0.05) is 29.7 Å². The lowest BCUT2D eigenvalue weighted by Gasteiger charge is -2.08. The van der Waals surface area contributed by atoms with Crippen molar-refractivity contribution in [2.75, 3.05) is 0 Å². The molecule has 0 aliphatic carbocycles. The Labute approximate surface area is 133 Å². The minimum Gasteiger partial charge on any atom is -0.437 e. The van der Waals surface area contributed by atoms with Crippen molar-refractivity contribution in [1.29, 1.82) is 0 Å². The van der Waals surface area contributed by atoms with E-state index in [2.05, 4.69) is 19.9 Å². The smallest absolute Gasteiger partial charge is 0.223 e. The summed E-state index contributed by atoms with van der Waals surface area (Å²) in [5.41, 5.74) is 1.79. The van der Waals surface area contributed by atoms with Crippen LogP contribution in [0.25, 0.3) is 11.4 Å². The summed E-state index contributed by atoms with van der Waals surface area (Å²) in [5, 5.41) is 0.418. The minimum atomic E-state index is 0.418. The maximum Gasteiger partial charge on any atom is 0.223 e. The summed E-state index contributed by atoms with van der Waals surface area (Å²) in [6, 6.07) is 8.96. The molecule has 0 N–H and O–H groups in total. The van der Waals surface area contributed by atoms with Gasteiger partial charge in [-0.1, -0.05) is 18.5 Å². The largest absolute Gasteiger partial charge is 0.437 e. The molecule has 0 unspecified atom stereocenters. The highest BCUT2D eigenvalue weighted by Gasteiger charge is 2.08. The van der Waals surface area contributed by atoms with E-state index in [0.717, 1.165) is 17.7 Å². The van der Waals surface area contributed by atoms with E-state index in [0.29, 0.717) is 22.6 Å². The molecule has 0 atom stereocenters. The van der Waals surface area contributed by atoms with Crippen LogP contribution < -0.4 is 4.74 Å². The number of hydrogen-bond acceptors (Lipinski definition) is 5. The van der Waals surface area contributed by atoms with Crippen molar-refractivity contribution in [3.63, 3.8) is 0 Å². The zero-order valence-corrected chi connectivity index (χ0v) is 12.7. The van der Waals surface area contributed by atoms with Crippen molar-refractivity contribution in [3.05, 3.63) is 59.8 Å². The first kappa shape index (κ1) is 14.4. The van der Waals surface area contributed by atoms with Gasteiger partial charge in [0.25, 0.3) is 0 Å². The van der Waals surface area contributed by atoms with Crippen molar-refractivity contribution in [3.8, 4) is 23.0 Å². The molecule has 5 nitrogen and oxygen atoms in total. The molecule has 0 fully saturated rings. The highest BCUT2D eigenvalue weighted by Crippen LogP contribution is 2.23. The Morgan fingerprint density at radius 3 is 2.59 bits per heavy atom. The van der Waals surface area contributed by atoms with Gasteiger partial charge in [-0.25, -0.2) is 9.97 Å². The molecule has 0 saturated carbocycles. The van der Waals surface area contributed by atoms with E-state index in [1.165, 1.54) is 0 Å². The second-order valence-corrected chi connectivity index (χ2v) is 4.92. The Balaban J connectivity index is 1.95. The van der Waals surface area contributed by atoms with E-state index in [1.807, 2.05) is 25.1 Å². The summed E-state index contributed by atoms with van der Waals surface area (Å²) >= 11 is 5.77. The zero-order chi connectivity index (χ0) is 15.4. The quantitative estimate of drug-likeness (QED) is 0.683. The lowest BCUT2D eigenvalue weighted by atomic mass is 10.2. The van der Waals surface area contributed by atoms with Gasteiger partial charge < -0.3 is 4.74 Å². The van der Waals surface area contributed by atoms with E-state index < -0.39 is 0 Å². The van der Waals surface area contributed by atoms with Gasteiger partial charge in [0.1, 0.15) is 10.9 Å². The van der Waals surface area contributed by atoms with Crippen LogP contribution in [0.5, 0.6) is 11.6 Å². The van der Waals surface area contributed by atoms with Crippen LogP contribution in [0.1, 0.15) is 12.6 Å². The zero-order valence-electron chi connectivity index (χ0n) is 11.9. The van der Waals surface area contributed by atoms with Crippen LogP contribution in [-0.2, 0) is 6.42 Å². The number of pyridine rings is 2. The molecule has 3 rings (SSSR count). The lowest BCUT2D eigenvalue weighted by Crippen LogP contribution is -1.98. The predicted molar refractivity (Wildman–Crippen MR) is 84.0 cm³/mol. The molecule has 3 aromatic heterocycles. The number of hydrogen-bond donors (Lipinski definition) is 0. The molecule has 0 amide bonds. The third-order valence-corrected chi connectivity index (χ3v) is 3.20. The number of nitrogens with zero attached hydrogens (tertiary/aromatic N) is 4. The summed E-state index contributed by atoms with van der Waals surface area (Å²) in [6.07, 6.45) is 5.76. The molecule has 110 valence electrons. The van der Waals surface area contributed by atoms with E-state index in [1.54, 1.807) is 30.7 Å². The van der Waals surface area contributed by atoms with Crippen LogP contribution in [0.4, 0.5) is 0 Å². The minimum absolute atomic E-state index is 0.418. The third kappa shape index (κ3) is 3.38. The molecular formula is C16H13ClN4O. The van der Waals surface area contributed by atoms with Gasteiger partial charge in [-0.2, -0.15) is 4.98 Å². The summed E-state index contributed by atoms with van der Waals surface area (Å²) in [5.74, 6) is 1.66. The molecule has 0 aliphatic rings. The van der Waals surface area contributed by atoms with Gasteiger partial charge in [0.2, 0.25) is 5.88 Å². The molecule has 0 saturated heterocycles. The molecule has 0 aromatic carbocycles. The Kier molecular flexibility index (Phi) is 4.25. The van der Waals surface area contributed by atoms with Crippen molar-refractivity contribution in [2.45, 2.75) is 13.3 Å². The summed E-state index contributed by atoms with van der Waals surface area (Å²) in [7, 11) is 0. The molecule has 3 heterocycles. The standard InChI is InChI=1S/C16H13ClN4O/c1-2-12-9-15(22-13-3-4-14(17)19-10-13)21-16(20-12)11-5-7-18-8-6-11/h3-10H,2H2,1H3. The van der Waals surface area contributed by atoms with Crippen LogP contribution in [0.2, 0.25) is 5.15 Å². The second-order valence-electron chi connectivity index (χ2n) is 4.53. The SMILES string of the molecule is CCc1cc(Oc2ccc(Cl)nc2)nc(-c2ccncc2)n1. The Morgan fingerprint density at radius 1 is 1.09 bits per heavy atom. The Hall–Kier alpha value is -2.53. The monoisotopic (exact) mass is 312 g/mol. The van der Waals surface area contributed by atoms with E-state index in [-0.39, 0.29) is 0 Å².